The maximum Gasteiger partial charge on any atom is 0.321 e. The molecule has 16 heavy (non-hydrogen) atoms. The Labute approximate surface area is 95.3 Å². The molecule has 0 fully saturated rings. The lowest BCUT2D eigenvalue weighted by Crippen LogP contribution is -2.34. The van der Waals surface area contributed by atoms with Gasteiger partial charge in [0.15, 0.2) is 0 Å². The Bertz CT molecular complexity index is 375. The number of benzene rings is 1. The molecule has 0 aliphatic rings. The molecule has 1 rings (SSSR count). The van der Waals surface area contributed by atoms with Crippen molar-refractivity contribution < 1.29 is 9.18 Å². The maximum absolute atomic E-state index is 13.2. The average molecular weight is 224 g/mol. The Hall–Kier alpha value is -1.58. The molecule has 0 unspecified atom stereocenters. The maximum atomic E-state index is 13.2. The molecule has 0 aliphatic carbocycles. The Morgan fingerprint density at radius 1 is 1.38 bits per heavy atom. The Morgan fingerprint density at radius 3 is 2.50 bits per heavy atom. The van der Waals surface area contributed by atoms with Gasteiger partial charge >= 0.3 is 6.03 Å². The number of urea groups is 1. The first-order chi connectivity index (χ1) is 7.58. The Morgan fingerprint density at radius 2 is 2.00 bits per heavy atom. The van der Waals surface area contributed by atoms with Crippen LogP contribution in [0.2, 0.25) is 0 Å². The van der Waals surface area contributed by atoms with E-state index in [0.717, 1.165) is 0 Å². The first-order valence-corrected chi connectivity index (χ1v) is 5.40. The zero-order chi connectivity index (χ0) is 12.1. The number of rotatable bonds is 3. The second-order valence-electron chi connectivity index (χ2n) is 3.57. The number of nitrogens with one attached hydrogen (secondary N) is 1. The van der Waals surface area contributed by atoms with Crippen LogP contribution in [0.3, 0.4) is 0 Å². The second kappa shape index (κ2) is 5.49. The minimum absolute atomic E-state index is 0.201. The number of aryl methyl sites for hydroxylation is 1. The van der Waals surface area contributed by atoms with E-state index in [-0.39, 0.29) is 11.8 Å². The summed E-state index contributed by atoms with van der Waals surface area (Å²) in [5.41, 5.74) is 1.06. The molecule has 0 saturated carbocycles. The molecule has 88 valence electrons. The van der Waals surface area contributed by atoms with Crippen LogP contribution >= 0.6 is 0 Å². The van der Waals surface area contributed by atoms with Crippen molar-refractivity contribution in [3.63, 3.8) is 0 Å². The summed E-state index contributed by atoms with van der Waals surface area (Å²) in [4.78, 5) is 13.3. The summed E-state index contributed by atoms with van der Waals surface area (Å²) >= 11 is 0. The van der Waals surface area contributed by atoms with Crippen molar-refractivity contribution in [1.82, 2.24) is 4.90 Å². The summed E-state index contributed by atoms with van der Waals surface area (Å²) in [6, 6.07) is 4.47. The van der Waals surface area contributed by atoms with Crippen LogP contribution in [0, 0.1) is 12.7 Å². The van der Waals surface area contributed by atoms with Crippen molar-refractivity contribution in [3.8, 4) is 0 Å². The molecule has 0 aliphatic heterocycles. The van der Waals surface area contributed by atoms with Crippen LogP contribution in [0.15, 0.2) is 18.2 Å². The summed E-state index contributed by atoms with van der Waals surface area (Å²) in [5, 5.41) is 2.66. The molecule has 1 N–H and O–H groups in total. The highest BCUT2D eigenvalue weighted by atomic mass is 19.1. The van der Waals surface area contributed by atoms with Gasteiger partial charge in [0, 0.05) is 18.8 Å². The fourth-order valence-electron chi connectivity index (χ4n) is 1.38. The van der Waals surface area contributed by atoms with E-state index < -0.39 is 0 Å². The molecular weight excluding hydrogens is 207 g/mol. The van der Waals surface area contributed by atoms with Gasteiger partial charge in [0.1, 0.15) is 5.82 Å². The van der Waals surface area contributed by atoms with Crippen LogP contribution in [0.25, 0.3) is 0 Å². The van der Waals surface area contributed by atoms with Crippen LogP contribution in [-0.2, 0) is 0 Å². The average Bonchev–Trinajstić information content (AvgIpc) is 2.25. The molecule has 3 nitrogen and oxygen atoms in total. The van der Waals surface area contributed by atoms with Crippen LogP contribution in [0.1, 0.15) is 19.4 Å². The molecular formula is C12H17FN2O. The number of carbonyl (C=O) groups is 1. The van der Waals surface area contributed by atoms with E-state index in [9.17, 15) is 9.18 Å². The monoisotopic (exact) mass is 224 g/mol. The molecule has 0 atom stereocenters. The van der Waals surface area contributed by atoms with Gasteiger partial charge in [0.05, 0.1) is 0 Å². The van der Waals surface area contributed by atoms with Crippen molar-refractivity contribution in [1.29, 1.82) is 0 Å². The van der Waals surface area contributed by atoms with Crippen molar-refractivity contribution in [2.75, 3.05) is 18.4 Å². The van der Waals surface area contributed by atoms with Crippen LogP contribution in [0.4, 0.5) is 14.9 Å². The van der Waals surface area contributed by atoms with Gasteiger partial charge < -0.3 is 10.2 Å². The van der Waals surface area contributed by atoms with Crippen molar-refractivity contribution in [2.24, 2.45) is 0 Å². The topological polar surface area (TPSA) is 32.3 Å². The summed E-state index contributed by atoms with van der Waals surface area (Å²) < 4.78 is 13.2. The molecule has 1 aromatic carbocycles. The van der Waals surface area contributed by atoms with Crippen LogP contribution < -0.4 is 5.32 Å². The smallest absolute Gasteiger partial charge is 0.321 e. The highest BCUT2D eigenvalue weighted by molar-refractivity contribution is 5.89. The second-order valence-corrected chi connectivity index (χ2v) is 3.57. The predicted octanol–water partition coefficient (Wildman–Crippen LogP) is 3.01. The van der Waals surface area contributed by atoms with Gasteiger partial charge in [0.2, 0.25) is 0 Å². The Balaban J connectivity index is 2.73. The first-order valence-electron chi connectivity index (χ1n) is 5.40. The number of amides is 2. The summed E-state index contributed by atoms with van der Waals surface area (Å²) in [7, 11) is 0. The number of nitrogens with zero attached hydrogens (tertiary/aromatic N) is 1. The van der Waals surface area contributed by atoms with E-state index in [2.05, 4.69) is 5.32 Å². The molecule has 4 heteroatoms. The van der Waals surface area contributed by atoms with E-state index in [1.807, 2.05) is 13.8 Å². The highest BCUT2D eigenvalue weighted by Gasteiger charge is 2.09. The molecule has 0 saturated heterocycles. The normalized spacial score (nSPS) is 10.0. The molecule has 1 aromatic rings. The molecule has 0 spiro atoms. The number of hydrogen-bond acceptors (Lipinski definition) is 1. The standard InChI is InChI=1S/C12H17FN2O/c1-4-15(5-2)12(16)14-10-7-6-9(3)11(13)8-10/h6-8H,4-5H2,1-3H3,(H,14,16). The number of carbonyl (C=O) groups excluding carboxylic acids is 1. The zero-order valence-corrected chi connectivity index (χ0v) is 9.88. The third-order valence-electron chi connectivity index (χ3n) is 2.47. The van der Waals surface area contributed by atoms with Crippen LogP contribution in [-0.4, -0.2) is 24.0 Å². The zero-order valence-electron chi connectivity index (χ0n) is 9.88. The lowest BCUT2D eigenvalue weighted by Gasteiger charge is -2.19. The molecule has 0 aromatic heterocycles. The summed E-state index contributed by atoms with van der Waals surface area (Å²) in [6.45, 7) is 6.76. The van der Waals surface area contributed by atoms with Crippen molar-refractivity contribution >= 4 is 11.7 Å². The molecule has 0 heterocycles. The van der Waals surface area contributed by atoms with Gasteiger partial charge in [0.25, 0.3) is 0 Å². The van der Waals surface area contributed by atoms with Gasteiger partial charge in [-0.15, -0.1) is 0 Å². The fourth-order valence-corrected chi connectivity index (χ4v) is 1.38. The third-order valence-corrected chi connectivity index (χ3v) is 2.47. The van der Waals surface area contributed by atoms with E-state index in [1.54, 1.807) is 24.0 Å². The molecule has 0 bridgehead atoms. The van der Waals surface area contributed by atoms with E-state index >= 15 is 0 Å². The Kier molecular flexibility index (Phi) is 4.28. The van der Waals surface area contributed by atoms with Crippen molar-refractivity contribution in [3.05, 3.63) is 29.6 Å². The van der Waals surface area contributed by atoms with E-state index in [1.165, 1.54) is 6.07 Å². The lowest BCUT2D eigenvalue weighted by atomic mass is 10.2. The quantitative estimate of drug-likeness (QED) is 0.841. The third kappa shape index (κ3) is 2.95. The highest BCUT2D eigenvalue weighted by Crippen LogP contribution is 2.13. The SMILES string of the molecule is CCN(CC)C(=O)Nc1ccc(C)c(F)c1. The van der Waals surface area contributed by atoms with Crippen molar-refractivity contribution in [2.45, 2.75) is 20.8 Å². The van der Waals surface area contributed by atoms with Gasteiger partial charge in [-0.05, 0) is 38.5 Å². The van der Waals surface area contributed by atoms with E-state index in [0.29, 0.717) is 24.3 Å². The fraction of sp³-hybridized carbons (Fsp3) is 0.417. The predicted molar refractivity (Wildman–Crippen MR) is 63.1 cm³/mol. The molecule has 2 amide bonds. The summed E-state index contributed by atoms with van der Waals surface area (Å²) in [6.07, 6.45) is 0. The largest absolute Gasteiger partial charge is 0.325 e. The molecule has 0 radical (unpaired) electrons. The van der Waals surface area contributed by atoms with Gasteiger partial charge in [-0.1, -0.05) is 6.07 Å². The minimum atomic E-state index is -0.308. The first kappa shape index (κ1) is 12.5. The number of halogens is 1. The van der Waals surface area contributed by atoms with Gasteiger partial charge in [-0.3, -0.25) is 0 Å². The van der Waals surface area contributed by atoms with E-state index in [4.69, 9.17) is 0 Å². The number of anilines is 1. The van der Waals surface area contributed by atoms with Gasteiger partial charge in [-0.25, -0.2) is 9.18 Å². The van der Waals surface area contributed by atoms with Gasteiger partial charge in [-0.2, -0.15) is 0 Å². The summed E-state index contributed by atoms with van der Waals surface area (Å²) in [5.74, 6) is -0.308. The number of hydrogen-bond donors (Lipinski definition) is 1. The van der Waals surface area contributed by atoms with Crippen LogP contribution in [0.5, 0.6) is 0 Å². The lowest BCUT2D eigenvalue weighted by molar-refractivity contribution is 0.217. The minimum Gasteiger partial charge on any atom is -0.325 e.